The van der Waals surface area contributed by atoms with Gasteiger partial charge in [0.05, 0.1) is 12.0 Å². The molecular formula is C14H20N2O4S. The van der Waals surface area contributed by atoms with E-state index in [2.05, 4.69) is 5.32 Å². The van der Waals surface area contributed by atoms with Crippen molar-refractivity contribution >= 4 is 16.1 Å². The van der Waals surface area contributed by atoms with Crippen LogP contribution < -0.4 is 14.8 Å². The molecule has 6 nitrogen and oxygen atoms in total. The van der Waals surface area contributed by atoms with Gasteiger partial charge in [-0.2, -0.15) is 0 Å². The van der Waals surface area contributed by atoms with Crippen LogP contribution in [0.4, 0.5) is 4.79 Å². The molecule has 0 aliphatic heterocycles. The number of carbonyl (C=O) groups is 1. The molecule has 1 fully saturated rings. The monoisotopic (exact) mass is 312 g/mol. The lowest BCUT2D eigenvalue weighted by molar-refractivity contribution is 0.237. The van der Waals surface area contributed by atoms with Crippen LogP contribution >= 0.6 is 0 Å². The quantitative estimate of drug-likeness (QED) is 0.891. The molecule has 2 N–H and O–H groups in total. The van der Waals surface area contributed by atoms with E-state index in [-0.39, 0.29) is 10.9 Å². The van der Waals surface area contributed by atoms with Crippen LogP contribution in [0.15, 0.2) is 29.2 Å². The minimum absolute atomic E-state index is 0.0297. The summed E-state index contributed by atoms with van der Waals surface area (Å²) in [5.74, 6) is 0.556. The number of rotatable bonds is 4. The number of sulfonamides is 1. The maximum atomic E-state index is 12.1. The first kappa shape index (κ1) is 15.6. The summed E-state index contributed by atoms with van der Waals surface area (Å²) in [6, 6.07) is 5.26. The average Bonchev–Trinajstić information content (AvgIpc) is 2.47. The van der Waals surface area contributed by atoms with Gasteiger partial charge in [-0.3, -0.25) is 0 Å². The van der Waals surface area contributed by atoms with E-state index in [9.17, 15) is 13.2 Å². The van der Waals surface area contributed by atoms with Crippen molar-refractivity contribution in [3.63, 3.8) is 0 Å². The Hall–Kier alpha value is -1.76. The molecule has 0 saturated heterocycles. The Morgan fingerprint density at radius 3 is 2.33 bits per heavy atom. The maximum absolute atomic E-state index is 12.1. The molecule has 2 rings (SSSR count). The smallest absolute Gasteiger partial charge is 0.328 e. The van der Waals surface area contributed by atoms with Gasteiger partial charge in [-0.25, -0.2) is 17.9 Å². The fourth-order valence-corrected chi connectivity index (χ4v) is 3.31. The third-order valence-corrected chi connectivity index (χ3v) is 4.88. The summed E-state index contributed by atoms with van der Waals surface area (Å²) in [5, 5.41) is 2.71. The van der Waals surface area contributed by atoms with E-state index in [1.165, 1.54) is 37.8 Å². The van der Waals surface area contributed by atoms with E-state index in [0.29, 0.717) is 5.75 Å². The number of amides is 2. The van der Waals surface area contributed by atoms with Crippen molar-refractivity contribution in [3.8, 4) is 5.75 Å². The van der Waals surface area contributed by atoms with Crippen molar-refractivity contribution in [3.05, 3.63) is 24.3 Å². The van der Waals surface area contributed by atoms with Gasteiger partial charge in [0, 0.05) is 6.04 Å². The Balaban J connectivity index is 1.97. The summed E-state index contributed by atoms with van der Waals surface area (Å²) in [5.41, 5.74) is 0. The molecule has 1 saturated carbocycles. The van der Waals surface area contributed by atoms with Gasteiger partial charge in [-0.1, -0.05) is 19.3 Å². The highest BCUT2D eigenvalue weighted by atomic mass is 32.2. The van der Waals surface area contributed by atoms with E-state index in [1.807, 2.05) is 4.72 Å². The van der Waals surface area contributed by atoms with E-state index >= 15 is 0 Å². The number of benzene rings is 1. The molecule has 21 heavy (non-hydrogen) atoms. The molecule has 116 valence electrons. The Morgan fingerprint density at radius 2 is 1.76 bits per heavy atom. The molecule has 0 unspecified atom stereocenters. The average molecular weight is 312 g/mol. The van der Waals surface area contributed by atoms with Crippen LogP contribution in [0.2, 0.25) is 0 Å². The minimum Gasteiger partial charge on any atom is -0.497 e. The molecule has 0 bridgehead atoms. The largest absolute Gasteiger partial charge is 0.497 e. The second-order valence-electron chi connectivity index (χ2n) is 5.09. The standard InChI is InChI=1S/C14H20N2O4S/c1-20-12-7-9-13(10-8-12)21(18,19)16-14(17)15-11-5-3-2-4-6-11/h7-11H,2-6H2,1H3,(H2,15,16,17). The Bertz CT molecular complexity index is 577. The highest BCUT2D eigenvalue weighted by Gasteiger charge is 2.21. The Morgan fingerprint density at radius 1 is 1.14 bits per heavy atom. The van der Waals surface area contributed by atoms with Crippen molar-refractivity contribution in [2.45, 2.75) is 43.0 Å². The summed E-state index contributed by atoms with van der Waals surface area (Å²) >= 11 is 0. The molecule has 0 radical (unpaired) electrons. The lowest BCUT2D eigenvalue weighted by Crippen LogP contribution is -2.45. The zero-order valence-electron chi connectivity index (χ0n) is 12.0. The van der Waals surface area contributed by atoms with Crippen LogP contribution in [-0.4, -0.2) is 27.6 Å². The van der Waals surface area contributed by atoms with Crippen molar-refractivity contribution < 1.29 is 17.9 Å². The second kappa shape index (κ2) is 6.80. The van der Waals surface area contributed by atoms with Gasteiger partial charge < -0.3 is 10.1 Å². The van der Waals surface area contributed by atoms with Crippen LogP contribution in [0.5, 0.6) is 5.75 Å². The zero-order chi connectivity index (χ0) is 15.3. The fraction of sp³-hybridized carbons (Fsp3) is 0.500. The first-order chi connectivity index (χ1) is 10.0. The van der Waals surface area contributed by atoms with Gasteiger partial charge in [0.25, 0.3) is 10.0 Å². The maximum Gasteiger partial charge on any atom is 0.328 e. The molecule has 1 aliphatic carbocycles. The molecule has 0 aromatic heterocycles. The number of nitrogens with one attached hydrogen (secondary N) is 2. The molecule has 7 heteroatoms. The first-order valence-corrected chi connectivity index (χ1v) is 8.47. The van der Waals surface area contributed by atoms with Gasteiger partial charge in [-0.15, -0.1) is 0 Å². The van der Waals surface area contributed by atoms with Crippen LogP contribution in [-0.2, 0) is 10.0 Å². The molecule has 2 amide bonds. The number of hydrogen-bond acceptors (Lipinski definition) is 4. The summed E-state index contributed by atoms with van der Waals surface area (Å²) < 4.78 is 31.1. The van der Waals surface area contributed by atoms with Crippen LogP contribution in [0, 0.1) is 0 Å². The SMILES string of the molecule is COc1ccc(S(=O)(=O)NC(=O)NC2CCCCC2)cc1. The van der Waals surface area contributed by atoms with Gasteiger partial charge in [0.2, 0.25) is 0 Å². The lowest BCUT2D eigenvalue weighted by atomic mass is 9.96. The first-order valence-electron chi connectivity index (χ1n) is 6.98. The molecule has 0 heterocycles. The molecule has 1 aliphatic rings. The summed E-state index contributed by atoms with van der Waals surface area (Å²) in [6.45, 7) is 0. The highest BCUT2D eigenvalue weighted by molar-refractivity contribution is 7.90. The van der Waals surface area contributed by atoms with Gasteiger partial charge in [-0.05, 0) is 37.1 Å². The predicted octanol–water partition coefficient (Wildman–Crippen LogP) is 2.02. The molecule has 0 spiro atoms. The van der Waals surface area contributed by atoms with E-state index in [0.717, 1.165) is 25.7 Å². The number of urea groups is 1. The summed E-state index contributed by atoms with van der Waals surface area (Å²) in [6.07, 6.45) is 5.10. The van der Waals surface area contributed by atoms with Crippen LogP contribution in [0.1, 0.15) is 32.1 Å². The Kier molecular flexibility index (Phi) is 5.06. The topological polar surface area (TPSA) is 84.5 Å². The lowest BCUT2D eigenvalue weighted by Gasteiger charge is -2.22. The van der Waals surface area contributed by atoms with E-state index < -0.39 is 16.1 Å². The normalized spacial score (nSPS) is 16.2. The third kappa shape index (κ3) is 4.35. The number of ether oxygens (including phenoxy) is 1. The van der Waals surface area contributed by atoms with Crippen LogP contribution in [0.3, 0.4) is 0 Å². The summed E-state index contributed by atoms with van der Waals surface area (Å²) in [7, 11) is -2.35. The fourth-order valence-electron chi connectivity index (χ4n) is 2.40. The Labute approximate surface area is 124 Å². The molecular weight excluding hydrogens is 292 g/mol. The molecule has 1 aromatic rings. The van der Waals surface area contributed by atoms with Crippen molar-refractivity contribution in [2.24, 2.45) is 0 Å². The van der Waals surface area contributed by atoms with Crippen molar-refractivity contribution in [2.75, 3.05) is 7.11 Å². The van der Waals surface area contributed by atoms with E-state index in [4.69, 9.17) is 4.74 Å². The van der Waals surface area contributed by atoms with Crippen LogP contribution in [0.25, 0.3) is 0 Å². The highest BCUT2D eigenvalue weighted by Crippen LogP contribution is 2.18. The third-order valence-electron chi connectivity index (χ3n) is 3.54. The zero-order valence-corrected chi connectivity index (χ0v) is 12.8. The van der Waals surface area contributed by atoms with E-state index in [1.54, 1.807) is 0 Å². The number of hydrogen-bond donors (Lipinski definition) is 2. The second-order valence-corrected chi connectivity index (χ2v) is 6.77. The van der Waals surface area contributed by atoms with Crippen molar-refractivity contribution in [1.82, 2.24) is 10.0 Å². The predicted molar refractivity (Wildman–Crippen MR) is 78.7 cm³/mol. The van der Waals surface area contributed by atoms with Gasteiger partial charge >= 0.3 is 6.03 Å². The van der Waals surface area contributed by atoms with Crippen molar-refractivity contribution in [1.29, 1.82) is 0 Å². The molecule has 0 atom stereocenters. The van der Waals surface area contributed by atoms with Gasteiger partial charge in [0.1, 0.15) is 5.75 Å². The number of carbonyl (C=O) groups excluding carboxylic acids is 1. The molecule has 1 aromatic carbocycles. The minimum atomic E-state index is -3.85. The summed E-state index contributed by atoms with van der Waals surface area (Å²) in [4.78, 5) is 11.8. The number of methoxy groups -OCH3 is 1. The van der Waals surface area contributed by atoms with Gasteiger partial charge in [0.15, 0.2) is 0 Å².